The number of aromatic nitrogens is 2. The molecule has 0 aliphatic heterocycles. The predicted molar refractivity (Wildman–Crippen MR) is 82.2 cm³/mol. The van der Waals surface area contributed by atoms with E-state index in [-0.39, 0.29) is 23.7 Å². The SMILES string of the molecule is COc1nn(C)cc1C(=O)NCC(=O)Nc1ccc(C(F)(F)F)cc1. The maximum atomic E-state index is 12.5. The lowest BCUT2D eigenvalue weighted by Crippen LogP contribution is -2.32. The van der Waals surface area contributed by atoms with Crippen LogP contribution in [0.4, 0.5) is 18.9 Å². The normalized spacial score (nSPS) is 11.1. The molecule has 0 fully saturated rings. The van der Waals surface area contributed by atoms with Crippen LogP contribution in [0.3, 0.4) is 0 Å². The molecule has 0 aliphatic carbocycles. The number of ether oxygens (including phenoxy) is 1. The van der Waals surface area contributed by atoms with Gasteiger partial charge in [-0.3, -0.25) is 14.3 Å². The molecule has 1 aromatic heterocycles. The van der Waals surface area contributed by atoms with Crippen molar-refractivity contribution in [1.29, 1.82) is 0 Å². The van der Waals surface area contributed by atoms with Crippen molar-refractivity contribution in [3.63, 3.8) is 0 Å². The molecule has 0 radical (unpaired) electrons. The second-order valence-corrected chi connectivity index (χ2v) is 5.03. The Morgan fingerprint density at radius 3 is 2.44 bits per heavy atom. The van der Waals surface area contributed by atoms with Crippen LogP contribution in [0.25, 0.3) is 0 Å². The third kappa shape index (κ3) is 4.72. The number of halogens is 3. The van der Waals surface area contributed by atoms with Gasteiger partial charge in [0.25, 0.3) is 5.91 Å². The number of nitrogens with one attached hydrogen (secondary N) is 2. The Bertz CT molecular complexity index is 769. The van der Waals surface area contributed by atoms with E-state index in [4.69, 9.17) is 4.74 Å². The van der Waals surface area contributed by atoms with Crippen LogP contribution in [0, 0.1) is 0 Å². The monoisotopic (exact) mass is 356 g/mol. The Morgan fingerprint density at radius 2 is 1.88 bits per heavy atom. The van der Waals surface area contributed by atoms with Crippen LogP contribution in [-0.2, 0) is 18.0 Å². The third-order valence-electron chi connectivity index (χ3n) is 3.14. The number of carbonyl (C=O) groups excluding carboxylic acids is 2. The molecule has 2 rings (SSSR count). The fourth-order valence-electron chi connectivity index (χ4n) is 1.98. The van der Waals surface area contributed by atoms with Gasteiger partial charge in [0.15, 0.2) is 0 Å². The average Bonchev–Trinajstić information content (AvgIpc) is 2.93. The van der Waals surface area contributed by atoms with E-state index in [1.807, 2.05) is 0 Å². The number of hydrogen-bond acceptors (Lipinski definition) is 4. The van der Waals surface area contributed by atoms with Gasteiger partial charge in [-0.2, -0.15) is 13.2 Å². The van der Waals surface area contributed by atoms with Gasteiger partial charge in [0, 0.05) is 18.9 Å². The summed E-state index contributed by atoms with van der Waals surface area (Å²) in [5.41, 5.74) is -0.471. The summed E-state index contributed by atoms with van der Waals surface area (Å²) in [6, 6.07) is 3.97. The standard InChI is InChI=1S/C15H15F3N4O3/c1-22-8-11(14(21-22)25-2)13(24)19-7-12(23)20-10-5-3-9(4-6-10)15(16,17)18/h3-6,8H,7H2,1-2H3,(H,19,24)(H,20,23). The molecule has 0 bridgehead atoms. The molecular formula is C15H15F3N4O3. The number of amides is 2. The van der Waals surface area contributed by atoms with Crippen molar-refractivity contribution in [2.45, 2.75) is 6.18 Å². The summed E-state index contributed by atoms with van der Waals surface area (Å²) in [5, 5.41) is 8.68. The van der Waals surface area contributed by atoms with Gasteiger partial charge < -0.3 is 15.4 Å². The highest BCUT2D eigenvalue weighted by molar-refractivity contribution is 6.00. The second-order valence-electron chi connectivity index (χ2n) is 5.03. The van der Waals surface area contributed by atoms with Crippen molar-refractivity contribution in [1.82, 2.24) is 15.1 Å². The minimum absolute atomic E-state index is 0.114. The smallest absolute Gasteiger partial charge is 0.416 e. The van der Waals surface area contributed by atoms with Crippen molar-refractivity contribution in [3.8, 4) is 5.88 Å². The molecular weight excluding hydrogens is 341 g/mol. The molecule has 0 unspecified atom stereocenters. The average molecular weight is 356 g/mol. The first-order valence-electron chi connectivity index (χ1n) is 7.03. The summed E-state index contributed by atoms with van der Waals surface area (Å²) in [4.78, 5) is 23.8. The number of hydrogen-bond donors (Lipinski definition) is 2. The molecule has 1 aromatic carbocycles. The summed E-state index contributed by atoms with van der Waals surface area (Å²) in [6.07, 6.45) is -3.01. The topological polar surface area (TPSA) is 85.2 Å². The Labute approximate surface area is 140 Å². The first-order chi connectivity index (χ1) is 11.7. The van der Waals surface area contributed by atoms with Crippen LogP contribution in [0.15, 0.2) is 30.5 Å². The molecule has 0 saturated carbocycles. The lowest BCUT2D eigenvalue weighted by atomic mass is 10.2. The van der Waals surface area contributed by atoms with Crippen molar-refractivity contribution in [3.05, 3.63) is 41.6 Å². The van der Waals surface area contributed by atoms with Crippen molar-refractivity contribution >= 4 is 17.5 Å². The van der Waals surface area contributed by atoms with Crippen LogP contribution in [-0.4, -0.2) is 35.2 Å². The van der Waals surface area contributed by atoms with Crippen molar-refractivity contribution in [2.75, 3.05) is 19.0 Å². The number of rotatable bonds is 5. The van der Waals surface area contributed by atoms with E-state index in [0.717, 1.165) is 24.3 Å². The van der Waals surface area contributed by atoms with Gasteiger partial charge in [-0.25, -0.2) is 0 Å². The fourth-order valence-corrected chi connectivity index (χ4v) is 1.98. The molecule has 2 aromatic rings. The molecule has 0 atom stereocenters. The van der Waals surface area contributed by atoms with Crippen LogP contribution in [0.2, 0.25) is 0 Å². The molecule has 0 saturated heterocycles. The largest absolute Gasteiger partial charge is 0.479 e. The lowest BCUT2D eigenvalue weighted by Gasteiger charge is -2.09. The summed E-state index contributed by atoms with van der Waals surface area (Å²) < 4.78 is 43.7. The first kappa shape index (κ1) is 18.3. The number of anilines is 1. The third-order valence-corrected chi connectivity index (χ3v) is 3.14. The van der Waals surface area contributed by atoms with Gasteiger partial charge in [0.2, 0.25) is 11.8 Å². The fraction of sp³-hybridized carbons (Fsp3) is 0.267. The van der Waals surface area contributed by atoms with Crippen molar-refractivity contribution in [2.24, 2.45) is 7.05 Å². The van der Waals surface area contributed by atoms with Crippen LogP contribution in [0.5, 0.6) is 5.88 Å². The summed E-state index contributed by atoms with van der Waals surface area (Å²) >= 11 is 0. The van der Waals surface area contributed by atoms with Crippen LogP contribution in [0.1, 0.15) is 15.9 Å². The Balaban J connectivity index is 1.91. The number of alkyl halides is 3. The van der Waals surface area contributed by atoms with E-state index in [1.54, 1.807) is 7.05 Å². The van der Waals surface area contributed by atoms with E-state index >= 15 is 0 Å². The van der Waals surface area contributed by atoms with Crippen LogP contribution >= 0.6 is 0 Å². The van der Waals surface area contributed by atoms with E-state index < -0.39 is 23.6 Å². The number of benzene rings is 1. The zero-order valence-electron chi connectivity index (χ0n) is 13.3. The highest BCUT2D eigenvalue weighted by atomic mass is 19.4. The van der Waals surface area contributed by atoms with E-state index in [9.17, 15) is 22.8 Å². The highest BCUT2D eigenvalue weighted by Crippen LogP contribution is 2.29. The summed E-state index contributed by atoms with van der Waals surface area (Å²) in [6.45, 7) is -0.363. The number of nitrogens with zero attached hydrogens (tertiary/aromatic N) is 2. The maximum absolute atomic E-state index is 12.5. The van der Waals surface area contributed by atoms with Gasteiger partial charge in [0.1, 0.15) is 5.56 Å². The van der Waals surface area contributed by atoms with Gasteiger partial charge in [-0.15, -0.1) is 5.10 Å². The predicted octanol–water partition coefficient (Wildman–Crippen LogP) is 1.82. The summed E-state index contributed by atoms with van der Waals surface area (Å²) in [7, 11) is 2.97. The Hall–Kier alpha value is -3.04. The molecule has 1 heterocycles. The maximum Gasteiger partial charge on any atom is 0.416 e. The second kappa shape index (κ2) is 7.24. The first-order valence-corrected chi connectivity index (χ1v) is 7.03. The lowest BCUT2D eigenvalue weighted by molar-refractivity contribution is -0.137. The molecule has 0 aliphatic rings. The number of carbonyl (C=O) groups is 2. The van der Waals surface area contributed by atoms with Gasteiger partial charge >= 0.3 is 6.18 Å². The molecule has 2 N–H and O–H groups in total. The van der Waals surface area contributed by atoms with E-state index in [2.05, 4.69) is 15.7 Å². The van der Waals surface area contributed by atoms with Gasteiger partial charge in [-0.1, -0.05) is 0 Å². The highest BCUT2D eigenvalue weighted by Gasteiger charge is 2.30. The molecule has 7 nitrogen and oxygen atoms in total. The van der Waals surface area contributed by atoms with Crippen LogP contribution < -0.4 is 15.4 Å². The summed E-state index contributed by atoms with van der Waals surface area (Å²) in [5.74, 6) is -1.04. The van der Waals surface area contributed by atoms with E-state index in [0.29, 0.717) is 0 Å². The minimum atomic E-state index is -4.45. The molecule has 2 amide bonds. The quantitative estimate of drug-likeness (QED) is 0.856. The number of aryl methyl sites for hydroxylation is 1. The molecule has 10 heteroatoms. The zero-order valence-corrected chi connectivity index (χ0v) is 13.3. The van der Waals surface area contributed by atoms with Crippen molar-refractivity contribution < 1.29 is 27.5 Å². The molecule has 0 spiro atoms. The number of methoxy groups -OCH3 is 1. The zero-order chi connectivity index (χ0) is 18.6. The Morgan fingerprint density at radius 1 is 1.24 bits per heavy atom. The minimum Gasteiger partial charge on any atom is -0.479 e. The Kier molecular flexibility index (Phi) is 5.30. The van der Waals surface area contributed by atoms with Gasteiger partial charge in [-0.05, 0) is 24.3 Å². The van der Waals surface area contributed by atoms with E-state index in [1.165, 1.54) is 18.0 Å². The molecule has 134 valence electrons. The molecule has 25 heavy (non-hydrogen) atoms. The van der Waals surface area contributed by atoms with Gasteiger partial charge in [0.05, 0.1) is 19.2 Å².